The summed E-state index contributed by atoms with van der Waals surface area (Å²) in [5.74, 6) is 0.143. The standard InChI is InChI=1S/C13H12BrF2NOS/c14-12-6-5-10(19-12)7-11(17)8-1-3-9(4-2-8)18-13(15)16/h1-6,11,13H,7,17H2. The van der Waals surface area contributed by atoms with Crippen LogP contribution < -0.4 is 10.5 Å². The lowest BCUT2D eigenvalue weighted by molar-refractivity contribution is -0.0498. The number of halogens is 3. The van der Waals surface area contributed by atoms with Crippen molar-refractivity contribution < 1.29 is 13.5 Å². The van der Waals surface area contributed by atoms with Gasteiger partial charge in [0.1, 0.15) is 5.75 Å². The van der Waals surface area contributed by atoms with Gasteiger partial charge in [-0.1, -0.05) is 12.1 Å². The summed E-state index contributed by atoms with van der Waals surface area (Å²) in [7, 11) is 0. The molecule has 2 rings (SSSR count). The van der Waals surface area contributed by atoms with E-state index in [4.69, 9.17) is 5.73 Å². The van der Waals surface area contributed by atoms with Crippen LogP contribution in [0.15, 0.2) is 40.2 Å². The first-order valence-corrected chi connectivity index (χ1v) is 7.20. The fourth-order valence-electron chi connectivity index (χ4n) is 1.69. The summed E-state index contributed by atoms with van der Waals surface area (Å²) in [5.41, 5.74) is 6.98. The third-order valence-corrected chi connectivity index (χ3v) is 4.23. The highest BCUT2D eigenvalue weighted by molar-refractivity contribution is 9.11. The normalized spacial score (nSPS) is 12.7. The van der Waals surface area contributed by atoms with Gasteiger partial charge in [-0.05, 0) is 45.8 Å². The lowest BCUT2D eigenvalue weighted by Crippen LogP contribution is -2.12. The maximum Gasteiger partial charge on any atom is 0.387 e. The number of alkyl halides is 2. The predicted octanol–water partition coefficient (Wildman–Crippen LogP) is 4.35. The smallest absolute Gasteiger partial charge is 0.387 e. The Labute approximate surface area is 122 Å². The van der Waals surface area contributed by atoms with Gasteiger partial charge in [-0.25, -0.2) is 0 Å². The first kappa shape index (κ1) is 14.4. The van der Waals surface area contributed by atoms with E-state index in [1.54, 1.807) is 23.5 Å². The summed E-state index contributed by atoms with van der Waals surface area (Å²) >= 11 is 5.04. The fraction of sp³-hybridized carbons (Fsp3) is 0.231. The van der Waals surface area contributed by atoms with E-state index in [-0.39, 0.29) is 11.8 Å². The van der Waals surface area contributed by atoms with Crippen LogP contribution in [-0.4, -0.2) is 6.61 Å². The van der Waals surface area contributed by atoms with Crippen LogP contribution in [0.4, 0.5) is 8.78 Å². The maximum atomic E-state index is 12.0. The molecule has 1 unspecified atom stereocenters. The monoisotopic (exact) mass is 347 g/mol. The Bertz CT molecular complexity index is 530. The van der Waals surface area contributed by atoms with E-state index >= 15 is 0 Å². The minimum atomic E-state index is -2.80. The minimum Gasteiger partial charge on any atom is -0.435 e. The van der Waals surface area contributed by atoms with E-state index in [9.17, 15) is 8.78 Å². The molecule has 0 saturated carbocycles. The zero-order valence-electron chi connectivity index (χ0n) is 9.85. The van der Waals surface area contributed by atoms with Crippen LogP contribution >= 0.6 is 27.3 Å². The van der Waals surface area contributed by atoms with Crippen LogP contribution in [0.1, 0.15) is 16.5 Å². The third-order valence-electron chi connectivity index (χ3n) is 2.58. The van der Waals surface area contributed by atoms with Crippen molar-refractivity contribution in [1.29, 1.82) is 0 Å². The summed E-state index contributed by atoms with van der Waals surface area (Å²) in [6, 6.07) is 10.3. The SMILES string of the molecule is NC(Cc1ccc(Br)s1)c1ccc(OC(F)F)cc1. The maximum absolute atomic E-state index is 12.0. The van der Waals surface area contributed by atoms with Crippen LogP contribution in [0.25, 0.3) is 0 Å². The highest BCUT2D eigenvalue weighted by atomic mass is 79.9. The number of hydrogen-bond acceptors (Lipinski definition) is 3. The Morgan fingerprint density at radius 3 is 2.37 bits per heavy atom. The zero-order chi connectivity index (χ0) is 13.8. The van der Waals surface area contributed by atoms with Gasteiger partial charge in [0.05, 0.1) is 3.79 Å². The van der Waals surface area contributed by atoms with Crippen LogP contribution in [0.3, 0.4) is 0 Å². The Morgan fingerprint density at radius 2 is 1.84 bits per heavy atom. The predicted molar refractivity (Wildman–Crippen MR) is 75.7 cm³/mol. The molecule has 6 heteroatoms. The topological polar surface area (TPSA) is 35.2 Å². The molecule has 1 heterocycles. The van der Waals surface area contributed by atoms with Crippen molar-refractivity contribution in [2.45, 2.75) is 19.1 Å². The minimum absolute atomic E-state index is 0.143. The van der Waals surface area contributed by atoms with Crippen molar-refractivity contribution in [1.82, 2.24) is 0 Å². The molecular formula is C13H12BrF2NOS. The van der Waals surface area contributed by atoms with Crippen molar-refractivity contribution in [2.75, 3.05) is 0 Å². The molecule has 102 valence electrons. The van der Waals surface area contributed by atoms with E-state index in [0.717, 1.165) is 9.35 Å². The molecule has 1 aromatic heterocycles. The van der Waals surface area contributed by atoms with Gasteiger partial charge in [0.2, 0.25) is 0 Å². The largest absolute Gasteiger partial charge is 0.435 e. The fourth-order valence-corrected chi connectivity index (χ4v) is 3.23. The molecular weight excluding hydrogens is 336 g/mol. The average molecular weight is 348 g/mol. The molecule has 2 nitrogen and oxygen atoms in total. The first-order chi connectivity index (χ1) is 9.04. The van der Waals surface area contributed by atoms with Crippen molar-refractivity contribution >= 4 is 27.3 Å². The molecule has 1 atom stereocenters. The summed E-state index contributed by atoms with van der Waals surface area (Å²) in [5, 5.41) is 0. The molecule has 0 aliphatic carbocycles. The molecule has 0 aliphatic rings. The Hall–Kier alpha value is -0.980. The number of rotatable bonds is 5. The second-order valence-corrected chi connectivity index (χ2v) is 6.51. The molecule has 0 bridgehead atoms. The van der Waals surface area contributed by atoms with Gasteiger partial charge in [-0.2, -0.15) is 8.78 Å². The van der Waals surface area contributed by atoms with E-state index < -0.39 is 6.61 Å². The van der Waals surface area contributed by atoms with Gasteiger partial charge in [0, 0.05) is 17.3 Å². The average Bonchev–Trinajstić information content (AvgIpc) is 2.75. The van der Waals surface area contributed by atoms with Gasteiger partial charge in [-0.3, -0.25) is 0 Å². The molecule has 0 radical (unpaired) electrons. The summed E-state index contributed by atoms with van der Waals surface area (Å²) < 4.78 is 29.4. The molecule has 2 aromatic rings. The molecule has 0 saturated heterocycles. The molecule has 0 amide bonds. The van der Waals surface area contributed by atoms with Crippen LogP contribution in [0.5, 0.6) is 5.75 Å². The van der Waals surface area contributed by atoms with Gasteiger partial charge >= 0.3 is 6.61 Å². The lowest BCUT2D eigenvalue weighted by atomic mass is 10.0. The molecule has 1 aromatic carbocycles. The summed E-state index contributed by atoms with van der Waals surface area (Å²) in [4.78, 5) is 1.17. The van der Waals surface area contributed by atoms with Gasteiger partial charge < -0.3 is 10.5 Å². The Kier molecular flexibility index (Phi) is 4.90. The zero-order valence-corrected chi connectivity index (χ0v) is 12.3. The van der Waals surface area contributed by atoms with Crippen molar-refractivity contribution in [3.63, 3.8) is 0 Å². The molecule has 0 aliphatic heterocycles. The molecule has 0 spiro atoms. The highest BCUT2D eigenvalue weighted by Gasteiger charge is 2.10. The van der Waals surface area contributed by atoms with Crippen molar-refractivity contribution in [2.24, 2.45) is 5.73 Å². The first-order valence-electron chi connectivity index (χ1n) is 5.59. The molecule has 19 heavy (non-hydrogen) atoms. The lowest BCUT2D eigenvalue weighted by Gasteiger charge is -2.12. The van der Waals surface area contributed by atoms with E-state index in [1.807, 2.05) is 12.1 Å². The van der Waals surface area contributed by atoms with Crippen molar-refractivity contribution in [3.8, 4) is 5.75 Å². The highest BCUT2D eigenvalue weighted by Crippen LogP contribution is 2.26. The number of thiophene rings is 1. The van der Waals surface area contributed by atoms with E-state index in [2.05, 4.69) is 20.7 Å². The molecule has 0 fully saturated rings. The van der Waals surface area contributed by atoms with Gasteiger partial charge in [-0.15, -0.1) is 11.3 Å². The van der Waals surface area contributed by atoms with Gasteiger partial charge in [0.25, 0.3) is 0 Å². The Morgan fingerprint density at radius 1 is 1.16 bits per heavy atom. The van der Waals surface area contributed by atoms with Gasteiger partial charge in [0.15, 0.2) is 0 Å². The number of nitrogens with two attached hydrogens (primary N) is 1. The summed E-state index contributed by atoms with van der Waals surface area (Å²) in [6.07, 6.45) is 0.714. The van der Waals surface area contributed by atoms with Crippen LogP contribution in [-0.2, 0) is 6.42 Å². The second kappa shape index (κ2) is 6.45. The summed E-state index contributed by atoms with van der Waals surface area (Å²) in [6.45, 7) is -2.80. The third kappa shape index (κ3) is 4.26. The molecule has 2 N–H and O–H groups in total. The van der Waals surface area contributed by atoms with Crippen LogP contribution in [0.2, 0.25) is 0 Å². The van der Waals surface area contributed by atoms with E-state index in [1.165, 1.54) is 17.0 Å². The van der Waals surface area contributed by atoms with Crippen LogP contribution in [0, 0.1) is 0 Å². The van der Waals surface area contributed by atoms with E-state index in [0.29, 0.717) is 6.42 Å². The Balaban J connectivity index is 2.01. The number of hydrogen-bond donors (Lipinski definition) is 1. The number of ether oxygens (including phenoxy) is 1. The van der Waals surface area contributed by atoms with Crippen molar-refractivity contribution in [3.05, 3.63) is 50.6 Å². The second-order valence-electron chi connectivity index (χ2n) is 3.96. The quantitative estimate of drug-likeness (QED) is 0.872. The number of benzene rings is 1.